The summed E-state index contributed by atoms with van der Waals surface area (Å²) >= 11 is 3.25. The number of aldehydes is 1. The van der Waals surface area contributed by atoms with Crippen molar-refractivity contribution in [3.63, 3.8) is 0 Å². The summed E-state index contributed by atoms with van der Waals surface area (Å²) in [5.74, 6) is -0.491. The Morgan fingerprint density at radius 2 is 2.38 bits per heavy atom. The van der Waals surface area contributed by atoms with Crippen molar-refractivity contribution in [3.8, 4) is 0 Å². The first-order chi connectivity index (χ1) is 7.69. The van der Waals surface area contributed by atoms with Gasteiger partial charge < -0.3 is 9.30 Å². The number of hydrogen-bond donors (Lipinski definition) is 0. The molecular formula is C10H11BrN2O3. The second-order valence-electron chi connectivity index (χ2n) is 3.55. The number of esters is 1. The first-order valence-electron chi connectivity index (χ1n) is 5.09. The molecule has 86 valence electrons. The van der Waals surface area contributed by atoms with Gasteiger partial charge in [0.05, 0.1) is 6.61 Å². The lowest BCUT2D eigenvalue weighted by Gasteiger charge is -2.07. The Morgan fingerprint density at radius 1 is 1.69 bits per heavy atom. The van der Waals surface area contributed by atoms with Crippen LogP contribution in [0.4, 0.5) is 0 Å². The number of halogens is 1. The molecule has 1 saturated carbocycles. The highest BCUT2D eigenvalue weighted by Gasteiger charge is 2.33. The van der Waals surface area contributed by atoms with Gasteiger partial charge in [-0.25, -0.2) is 9.78 Å². The van der Waals surface area contributed by atoms with Crippen molar-refractivity contribution in [3.05, 3.63) is 16.1 Å². The van der Waals surface area contributed by atoms with E-state index < -0.39 is 5.97 Å². The molecule has 0 saturated heterocycles. The minimum atomic E-state index is -0.491. The molecule has 0 spiro atoms. The zero-order chi connectivity index (χ0) is 11.7. The zero-order valence-electron chi connectivity index (χ0n) is 8.77. The lowest BCUT2D eigenvalue weighted by Crippen LogP contribution is -2.13. The van der Waals surface area contributed by atoms with Gasteiger partial charge >= 0.3 is 5.97 Å². The molecule has 0 unspecified atom stereocenters. The molecule has 0 aromatic carbocycles. The van der Waals surface area contributed by atoms with Crippen LogP contribution in [0.5, 0.6) is 0 Å². The second-order valence-corrected chi connectivity index (χ2v) is 4.26. The van der Waals surface area contributed by atoms with Gasteiger partial charge in [0, 0.05) is 6.04 Å². The third-order valence-corrected chi connectivity index (χ3v) is 2.95. The predicted molar refractivity (Wildman–Crippen MR) is 59.5 cm³/mol. The Bertz CT molecular complexity index is 438. The van der Waals surface area contributed by atoms with Gasteiger partial charge in [0.15, 0.2) is 16.7 Å². The Kier molecular flexibility index (Phi) is 3.09. The van der Waals surface area contributed by atoms with Crippen LogP contribution >= 0.6 is 15.9 Å². The molecule has 1 fully saturated rings. The number of hydrogen-bond acceptors (Lipinski definition) is 4. The average molecular weight is 287 g/mol. The first-order valence-corrected chi connectivity index (χ1v) is 5.88. The Balaban J connectivity index is 2.46. The topological polar surface area (TPSA) is 61.2 Å². The summed E-state index contributed by atoms with van der Waals surface area (Å²) in [6, 6.07) is 0.259. The third-order valence-electron chi connectivity index (χ3n) is 2.39. The van der Waals surface area contributed by atoms with E-state index >= 15 is 0 Å². The molecule has 1 aromatic rings. The molecular weight excluding hydrogens is 276 g/mol. The monoisotopic (exact) mass is 286 g/mol. The maximum Gasteiger partial charge on any atom is 0.357 e. The number of rotatable bonds is 4. The van der Waals surface area contributed by atoms with Gasteiger partial charge in [-0.05, 0) is 35.7 Å². The fourth-order valence-electron chi connectivity index (χ4n) is 1.57. The lowest BCUT2D eigenvalue weighted by atomic mass is 10.3. The van der Waals surface area contributed by atoms with E-state index in [4.69, 9.17) is 4.74 Å². The van der Waals surface area contributed by atoms with Crippen molar-refractivity contribution in [1.82, 2.24) is 9.55 Å². The summed E-state index contributed by atoms with van der Waals surface area (Å²) in [7, 11) is 0. The molecule has 1 heterocycles. The first kappa shape index (κ1) is 11.3. The maximum absolute atomic E-state index is 11.7. The lowest BCUT2D eigenvalue weighted by molar-refractivity contribution is 0.0511. The SMILES string of the molecule is CCOC(=O)c1c(C=O)nc(Br)n1C1CC1. The largest absolute Gasteiger partial charge is 0.461 e. The summed E-state index contributed by atoms with van der Waals surface area (Å²) in [4.78, 5) is 26.6. The summed E-state index contributed by atoms with van der Waals surface area (Å²) in [5.41, 5.74) is 0.392. The highest BCUT2D eigenvalue weighted by atomic mass is 79.9. The molecule has 1 aliphatic rings. The van der Waals surface area contributed by atoms with Crippen molar-refractivity contribution in [2.45, 2.75) is 25.8 Å². The highest BCUT2D eigenvalue weighted by molar-refractivity contribution is 9.10. The fraction of sp³-hybridized carbons (Fsp3) is 0.500. The number of imidazole rings is 1. The van der Waals surface area contributed by atoms with Crippen molar-refractivity contribution >= 4 is 28.2 Å². The molecule has 1 aliphatic carbocycles. The third kappa shape index (κ3) is 1.89. The van der Waals surface area contributed by atoms with E-state index in [1.54, 1.807) is 11.5 Å². The number of nitrogens with zero attached hydrogens (tertiary/aromatic N) is 2. The van der Waals surface area contributed by atoms with Crippen LogP contribution in [0.3, 0.4) is 0 Å². The van der Waals surface area contributed by atoms with E-state index in [9.17, 15) is 9.59 Å². The van der Waals surface area contributed by atoms with Gasteiger partial charge in [0.1, 0.15) is 5.69 Å². The number of carbonyl (C=O) groups is 2. The van der Waals surface area contributed by atoms with Gasteiger partial charge in [-0.2, -0.15) is 0 Å². The molecule has 0 atom stereocenters. The molecule has 16 heavy (non-hydrogen) atoms. The summed E-state index contributed by atoms with van der Waals surface area (Å²) < 4.78 is 7.17. The van der Waals surface area contributed by atoms with Gasteiger partial charge in [0.2, 0.25) is 0 Å². The minimum Gasteiger partial charge on any atom is -0.461 e. The van der Waals surface area contributed by atoms with Crippen molar-refractivity contribution in [2.24, 2.45) is 0 Å². The Labute approximate surface area is 101 Å². The molecule has 2 rings (SSSR count). The molecule has 0 bridgehead atoms. The van der Waals surface area contributed by atoms with Crippen LogP contribution in [-0.2, 0) is 4.74 Å². The van der Waals surface area contributed by atoms with Crippen LogP contribution in [0.2, 0.25) is 0 Å². The Hall–Kier alpha value is -1.17. The second kappa shape index (κ2) is 4.37. The molecule has 1 aromatic heterocycles. The fourth-order valence-corrected chi connectivity index (χ4v) is 2.23. The van der Waals surface area contributed by atoms with Gasteiger partial charge in [-0.3, -0.25) is 4.79 Å². The van der Waals surface area contributed by atoms with Crippen molar-refractivity contribution < 1.29 is 14.3 Å². The molecule has 0 aliphatic heterocycles. The quantitative estimate of drug-likeness (QED) is 0.627. The smallest absolute Gasteiger partial charge is 0.357 e. The maximum atomic E-state index is 11.7. The Morgan fingerprint density at radius 3 is 2.88 bits per heavy atom. The van der Waals surface area contributed by atoms with Crippen LogP contribution in [-0.4, -0.2) is 28.4 Å². The minimum absolute atomic E-state index is 0.136. The number of carbonyl (C=O) groups excluding carboxylic acids is 2. The zero-order valence-corrected chi connectivity index (χ0v) is 10.4. The summed E-state index contributed by atoms with van der Waals surface area (Å²) in [6.07, 6.45) is 2.58. The molecule has 5 nitrogen and oxygen atoms in total. The van der Waals surface area contributed by atoms with Crippen LogP contribution in [0.15, 0.2) is 4.73 Å². The standard InChI is InChI=1S/C10H11BrN2O3/c1-2-16-9(15)8-7(5-14)12-10(11)13(8)6-3-4-6/h5-6H,2-4H2,1H3. The van der Waals surface area contributed by atoms with Gasteiger partial charge in [-0.1, -0.05) is 0 Å². The molecule has 6 heteroatoms. The average Bonchev–Trinajstić information content (AvgIpc) is 3.02. The summed E-state index contributed by atoms with van der Waals surface area (Å²) in [6.45, 7) is 2.01. The van der Waals surface area contributed by atoms with E-state index in [0.717, 1.165) is 12.8 Å². The summed E-state index contributed by atoms with van der Waals surface area (Å²) in [5, 5.41) is 0. The highest BCUT2D eigenvalue weighted by Crippen LogP contribution is 2.39. The van der Waals surface area contributed by atoms with E-state index in [1.807, 2.05) is 0 Å². The number of ether oxygens (including phenoxy) is 1. The van der Waals surface area contributed by atoms with E-state index in [2.05, 4.69) is 20.9 Å². The van der Waals surface area contributed by atoms with Crippen LogP contribution in [0.1, 0.15) is 46.8 Å². The van der Waals surface area contributed by atoms with Crippen molar-refractivity contribution in [2.75, 3.05) is 6.61 Å². The predicted octanol–water partition coefficient (Wildman–Crippen LogP) is 1.97. The molecule has 0 amide bonds. The van der Waals surface area contributed by atoms with Crippen LogP contribution in [0.25, 0.3) is 0 Å². The van der Waals surface area contributed by atoms with Crippen molar-refractivity contribution in [1.29, 1.82) is 0 Å². The van der Waals surface area contributed by atoms with E-state index in [0.29, 0.717) is 11.0 Å². The number of aromatic nitrogens is 2. The molecule has 0 N–H and O–H groups in total. The van der Waals surface area contributed by atoms with E-state index in [1.165, 1.54) is 0 Å². The van der Waals surface area contributed by atoms with Crippen LogP contribution in [0, 0.1) is 0 Å². The molecule has 0 radical (unpaired) electrons. The van der Waals surface area contributed by atoms with Gasteiger partial charge in [-0.15, -0.1) is 0 Å². The van der Waals surface area contributed by atoms with Crippen LogP contribution < -0.4 is 0 Å². The normalized spacial score (nSPS) is 14.9. The van der Waals surface area contributed by atoms with Gasteiger partial charge in [0.25, 0.3) is 0 Å². The van der Waals surface area contributed by atoms with E-state index in [-0.39, 0.29) is 24.0 Å².